The van der Waals surface area contributed by atoms with E-state index in [1.54, 1.807) is 35.3 Å². The molecule has 0 aliphatic carbocycles. The predicted octanol–water partition coefficient (Wildman–Crippen LogP) is 2.82. The van der Waals surface area contributed by atoms with Gasteiger partial charge in [0.05, 0.1) is 17.6 Å². The van der Waals surface area contributed by atoms with Crippen molar-refractivity contribution in [1.29, 1.82) is 0 Å². The Balaban J connectivity index is 1.53. The first-order valence-corrected chi connectivity index (χ1v) is 12.6. The molecule has 0 spiro atoms. The highest BCUT2D eigenvalue weighted by Gasteiger charge is 2.37. The molecule has 1 fully saturated rings. The summed E-state index contributed by atoms with van der Waals surface area (Å²) in [4.78, 5) is 24.5. The molecule has 1 aliphatic rings. The number of nitrogens with one attached hydrogen (secondary N) is 3. The zero-order valence-corrected chi connectivity index (χ0v) is 21.0. The predicted molar refractivity (Wildman–Crippen MR) is 127 cm³/mol. The number of carbonyl (C=O) groups excluding carboxylic acids is 2. The average Bonchev–Trinajstić information content (AvgIpc) is 2.76. The number of hydrogen-bond donors (Lipinski definition) is 3. The largest absolute Gasteiger partial charge is 0.496 e. The van der Waals surface area contributed by atoms with Gasteiger partial charge in [0.2, 0.25) is 0 Å². The van der Waals surface area contributed by atoms with Crippen LogP contribution in [0.1, 0.15) is 36.2 Å². The number of halogens is 1. The van der Waals surface area contributed by atoms with Gasteiger partial charge in [0.1, 0.15) is 5.75 Å². The van der Waals surface area contributed by atoms with Crippen LogP contribution in [0.2, 0.25) is 0 Å². The normalized spacial score (nSPS) is 15.3. The van der Waals surface area contributed by atoms with Crippen molar-refractivity contribution >= 4 is 37.9 Å². The molecule has 3 amide bonds. The summed E-state index contributed by atoms with van der Waals surface area (Å²) < 4.78 is 33.0. The maximum Gasteiger partial charge on any atom is 0.343 e. The van der Waals surface area contributed by atoms with Gasteiger partial charge in [0.25, 0.3) is 15.9 Å². The van der Waals surface area contributed by atoms with Gasteiger partial charge >= 0.3 is 6.03 Å². The minimum Gasteiger partial charge on any atom is -0.496 e. The third kappa shape index (κ3) is 6.24. The Labute approximate surface area is 202 Å². The van der Waals surface area contributed by atoms with Crippen LogP contribution in [0, 0.1) is 0 Å². The summed E-state index contributed by atoms with van der Waals surface area (Å²) in [6.07, 6.45) is 1.42. The summed E-state index contributed by atoms with van der Waals surface area (Å²) in [5.41, 5.74) is 3.62. The summed E-state index contributed by atoms with van der Waals surface area (Å²) in [5.74, 6) is 0.201. The average molecular weight is 539 g/mol. The van der Waals surface area contributed by atoms with Gasteiger partial charge in [-0.15, -0.1) is 0 Å². The molecule has 0 aromatic heterocycles. The highest BCUT2D eigenvalue weighted by atomic mass is 79.9. The summed E-state index contributed by atoms with van der Waals surface area (Å²) >= 11 is 3.34. The molecule has 3 N–H and O–H groups in total. The fourth-order valence-corrected chi connectivity index (χ4v) is 4.58. The summed E-state index contributed by atoms with van der Waals surface area (Å²) in [7, 11) is -2.50. The van der Waals surface area contributed by atoms with Crippen LogP contribution in [-0.2, 0) is 16.4 Å². The number of ether oxygens (including phenoxy) is 1. The van der Waals surface area contributed by atoms with Crippen molar-refractivity contribution in [3.8, 4) is 5.75 Å². The van der Waals surface area contributed by atoms with Crippen molar-refractivity contribution in [3.05, 3.63) is 58.1 Å². The second-order valence-corrected chi connectivity index (χ2v) is 10.9. The maximum atomic E-state index is 12.5. The van der Waals surface area contributed by atoms with Gasteiger partial charge in [-0.25, -0.2) is 22.9 Å². The number of amides is 3. The zero-order valence-electron chi connectivity index (χ0n) is 18.6. The molecule has 0 radical (unpaired) electrons. The number of benzene rings is 2. The molecule has 1 saturated heterocycles. The summed E-state index contributed by atoms with van der Waals surface area (Å²) in [5, 5.41) is 4.52. The van der Waals surface area contributed by atoms with E-state index in [0.29, 0.717) is 30.8 Å². The van der Waals surface area contributed by atoms with Crippen LogP contribution >= 0.6 is 15.9 Å². The molecule has 0 atom stereocenters. The molecule has 0 unspecified atom stereocenters. The Bertz CT molecular complexity index is 1140. The number of sulfonamides is 1. The SMILES string of the molecule is COc1ccc(Br)cc1C(=O)NCCc1ccc(S(=O)(=O)NC(=O)NN2CCC2(C)C)cc1. The van der Waals surface area contributed by atoms with E-state index in [1.165, 1.54) is 19.2 Å². The smallest absolute Gasteiger partial charge is 0.343 e. The van der Waals surface area contributed by atoms with Crippen LogP contribution in [0.3, 0.4) is 0 Å². The maximum absolute atomic E-state index is 12.5. The minimum atomic E-state index is -4.00. The molecule has 0 saturated carbocycles. The quantitative estimate of drug-likeness (QED) is 0.475. The molecule has 0 bridgehead atoms. The number of carbonyl (C=O) groups is 2. The van der Waals surface area contributed by atoms with Crippen molar-refractivity contribution in [1.82, 2.24) is 20.5 Å². The highest BCUT2D eigenvalue weighted by Crippen LogP contribution is 2.26. The van der Waals surface area contributed by atoms with Crippen LogP contribution in [0.25, 0.3) is 0 Å². The van der Waals surface area contributed by atoms with Crippen LogP contribution < -0.4 is 20.2 Å². The van der Waals surface area contributed by atoms with E-state index in [4.69, 9.17) is 4.74 Å². The molecule has 3 rings (SSSR count). The summed E-state index contributed by atoms with van der Waals surface area (Å²) in [6, 6.07) is 10.5. The standard InChI is InChI=1S/C22H27BrN4O5S/c1-22(2)11-13-27(22)25-21(29)26-33(30,31)17-7-4-15(5-8-17)10-12-24-20(28)18-14-16(23)6-9-19(18)32-3/h4-9,14H,10-13H2,1-3H3,(H,24,28)(H2,25,26,29). The second-order valence-electron chi connectivity index (χ2n) is 8.25. The number of urea groups is 1. The number of nitrogens with zero attached hydrogens (tertiary/aromatic N) is 1. The Morgan fingerprint density at radius 3 is 2.42 bits per heavy atom. The third-order valence-electron chi connectivity index (χ3n) is 5.48. The first-order valence-electron chi connectivity index (χ1n) is 10.3. The van der Waals surface area contributed by atoms with Gasteiger partial charge in [-0.05, 0) is 62.6 Å². The first kappa shape index (κ1) is 25.0. The zero-order chi connectivity index (χ0) is 24.2. The lowest BCUT2D eigenvalue weighted by molar-refractivity contribution is -0.0190. The minimum absolute atomic E-state index is 0.0211. The fraction of sp³-hybridized carbons (Fsp3) is 0.364. The van der Waals surface area contributed by atoms with E-state index in [-0.39, 0.29) is 16.3 Å². The van der Waals surface area contributed by atoms with Crippen molar-refractivity contribution in [2.45, 2.75) is 37.1 Å². The molecule has 1 heterocycles. The molecule has 9 nitrogen and oxygen atoms in total. The van der Waals surface area contributed by atoms with Crippen LogP contribution in [-0.4, -0.2) is 51.1 Å². The van der Waals surface area contributed by atoms with Crippen LogP contribution in [0.4, 0.5) is 4.79 Å². The number of methoxy groups -OCH3 is 1. The Morgan fingerprint density at radius 1 is 1.15 bits per heavy atom. The van der Waals surface area contributed by atoms with Crippen molar-refractivity contribution in [3.63, 3.8) is 0 Å². The van der Waals surface area contributed by atoms with Gasteiger partial charge in [0, 0.05) is 23.1 Å². The molecule has 33 heavy (non-hydrogen) atoms. The lowest BCUT2D eigenvalue weighted by Gasteiger charge is -2.47. The topological polar surface area (TPSA) is 117 Å². The van der Waals surface area contributed by atoms with Crippen molar-refractivity contribution in [2.75, 3.05) is 20.2 Å². The van der Waals surface area contributed by atoms with Gasteiger partial charge in [-0.1, -0.05) is 28.1 Å². The Kier molecular flexibility index (Phi) is 7.65. The second kappa shape index (κ2) is 10.1. The Hall–Kier alpha value is -2.63. The van der Waals surface area contributed by atoms with Gasteiger partial charge in [-0.2, -0.15) is 0 Å². The highest BCUT2D eigenvalue weighted by molar-refractivity contribution is 9.10. The van der Waals surface area contributed by atoms with Crippen LogP contribution in [0.15, 0.2) is 51.8 Å². The van der Waals surface area contributed by atoms with Crippen LogP contribution in [0.5, 0.6) is 5.75 Å². The van der Waals surface area contributed by atoms with E-state index < -0.39 is 16.1 Å². The fourth-order valence-electron chi connectivity index (χ4n) is 3.31. The van der Waals surface area contributed by atoms with Crippen molar-refractivity contribution in [2.24, 2.45) is 0 Å². The van der Waals surface area contributed by atoms with Gasteiger partial charge < -0.3 is 10.1 Å². The van der Waals surface area contributed by atoms with Gasteiger partial charge in [-0.3, -0.25) is 10.2 Å². The van der Waals surface area contributed by atoms with Gasteiger partial charge in [0.15, 0.2) is 0 Å². The van der Waals surface area contributed by atoms with E-state index in [9.17, 15) is 18.0 Å². The molecular formula is C22H27BrN4O5S. The molecular weight excluding hydrogens is 512 g/mol. The number of hydrogen-bond acceptors (Lipinski definition) is 6. The third-order valence-corrected chi connectivity index (χ3v) is 7.32. The molecule has 1 aliphatic heterocycles. The molecule has 11 heteroatoms. The molecule has 2 aromatic rings. The lowest BCUT2D eigenvalue weighted by atomic mass is 9.92. The number of rotatable bonds is 8. The van der Waals surface area contributed by atoms with E-state index >= 15 is 0 Å². The van der Waals surface area contributed by atoms with E-state index in [1.807, 2.05) is 18.6 Å². The van der Waals surface area contributed by atoms with E-state index in [2.05, 4.69) is 26.7 Å². The monoisotopic (exact) mass is 538 g/mol. The lowest BCUT2D eigenvalue weighted by Crippen LogP contribution is -2.64. The first-order chi connectivity index (χ1) is 15.5. The summed E-state index contributed by atoms with van der Waals surface area (Å²) in [6.45, 7) is 4.94. The number of hydrazine groups is 1. The van der Waals surface area contributed by atoms with E-state index in [0.717, 1.165) is 16.5 Å². The van der Waals surface area contributed by atoms with Crippen molar-refractivity contribution < 1.29 is 22.7 Å². The molecule has 2 aromatic carbocycles. The Morgan fingerprint density at radius 2 is 1.85 bits per heavy atom. The molecule has 178 valence electrons.